The minimum Gasteiger partial charge on any atom is -0.0651 e. The topological polar surface area (TPSA) is 0 Å². The number of hydrogen-bond acceptors (Lipinski definition) is 0. The highest BCUT2D eigenvalue weighted by Crippen LogP contribution is 2.40. The van der Waals surface area contributed by atoms with Crippen LogP contribution in [0.15, 0.2) is 0 Å². The second-order valence-electron chi connectivity index (χ2n) is 4.76. The van der Waals surface area contributed by atoms with Gasteiger partial charge in [-0.05, 0) is 36.5 Å². The lowest BCUT2D eigenvalue weighted by Crippen LogP contribution is -2.28. The lowest BCUT2D eigenvalue weighted by molar-refractivity contribution is 0.126. The zero-order chi connectivity index (χ0) is 9.14. The van der Waals surface area contributed by atoms with Crippen molar-refractivity contribution in [2.24, 2.45) is 23.7 Å². The highest BCUT2D eigenvalue weighted by molar-refractivity contribution is 4.80. The van der Waals surface area contributed by atoms with Crippen LogP contribution in [0.5, 0.6) is 0 Å². The molecule has 0 bridgehead atoms. The molecular weight excluding hydrogens is 144 g/mol. The van der Waals surface area contributed by atoms with Gasteiger partial charge in [-0.3, -0.25) is 0 Å². The van der Waals surface area contributed by atoms with Crippen molar-refractivity contribution >= 4 is 0 Å². The van der Waals surface area contributed by atoms with E-state index < -0.39 is 0 Å². The van der Waals surface area contributed by atoms with Gasteiger partial charge in [0.25, 0.3) is 0 Å². The smallest absolute Gasteiger partial charge is 0.0386 e. The Kier molecular flexibility index (Phi) is 3.61. The van der Waals surface area contributed by atoms with E-state index in [1.54, 1.807) is 0 Å². The van der Waals surface area contributed by atoms with Crippen molar-refractivity contribution in [1.82, 2.24) is 0 Å². The van der Waals surface area contributed by atoms with E-state index in [-0.39, 0.29) is 0 Å². The third-order valence-electron chi connectivity index (χ3n) is 4.04. The molecule has 1 aliphatic carbocycles. The Hall–Kier alpha value is 0. The molecule has 0 aromatic rings. The van der Waals surface area contributed by atoms with E-state index in [1.807, 2.05) is 0 Å². The summed E-state index contributed by atoms with van der Waals surface area (Å²) in [5, 5.41) is 0. The summed E-state index contributed by atoms with van der Waals surface area (Å²) in [5.41, 5.74) is 0. The van der Waals surface area contributed by atoms with E-state index in [1.165, 1.54) is 25.7 Å². The van der Waals surface area contributed by atoms with Gasteiger partial charge >= 0.3 is 0 Å². The van der Waals surface area contributed by atoms with Gasteiger partial charge in [0, 0.05) is 0 Å². The van der Waals surface area contributed by atoms with Crippen LogP contribution < -0.4 is 0 Å². The monoisotopic (exact) mass is 168 g/mol. The van der Waals surface area contributed by atoms with E-state index in [2.05, 4.69) is 27.7 Å². The maximum atomic E-state index is 2.43. The minimum absolute atomic E-state index is 0.970. The fourth-order valence-electron chi connectivity index (χ4n) is 2.80. The second-order valence-corrected chi connectivity index (χ2v) is 4.76. The van der Waals surface area contributed by atoms with Gasteiger partial charge in [-0.1, -0.05) is 40.5 Å². The maximum absolute atomic E-state index is 2.43. The summed E-state index contributed by atoms with van der Waals surface area (Å²) in [4.78, 5) is 0. The first-order valence-electron chi connectivity index (χ1n) is 5.69. The summed E-state index contributed by atoms with van der Waals surface area (Å²) in [6.45, 7) is 9.57. The second kappa shape index (κ2) is 4.30. The van der Waals surface area contributed by atoms with Gasteiger partial charge in [0.05, 0.1) is 0 Å². The lowest BCUT2D eigenvalue weighted by Gasteiger charge is -2.38. The Morgan fingerprint density at radius 3 is 1.42 bits per heavy atom. The molecule has 0 nitrogen and oxygen atoms in total. The molecule has 12 heavy (non-hydrogen) atoms. The number of rotatable bonds is 2. The van der Waals surface area contributed by atoms with Crippen molar-refractivity contribution in [2.75, 3.05) is 0 Å². The Morgan fingerprint density at radius 1 is 0.833 bits per heavy atom. The molecule has 1 aliphatic rings. The van der Waals surface area contributed by atoms with E-state index in [4.69, 9.17) is 0 Å². The highest BCUT2D eigenvalue weighted by atomic mass is 14.4. The minimum atomic E-state index is 0.970. The van der Waals surface area contributed by atoms with Crippen LogP contribution in [0.4, 0.5) is 0 Å². The molecule has 4 unspecified atom stereocenters. The molecule has 0 aromatic carbocycles. The average molecular weight is 168 g/mol. The summed E-state index contributed by atoms with van der Waals surface area (Å²) in [7, 11) is 0. The summed E-state index contributed by atoms with van der Waals surface area (Å²) < 4.78 is 0. The first kappa shape index (κ1) is 10.1. The standard InChI is InChI=1S/C12H24/c1-5-11-7-9(3)10(4)8-12(11)6-2/h9-12H,5-8H2,1-4H3. The molecule has 0 amide bonds. The highest BCUT2D eigenvalue weighted by Gasteiger charge is 2.30. The molecule has 72 valence electrons. The first-order valence-corrected chi connectivity index (χ1v) is 5.69. The van der Waals surface area contributed by atoms with E-state index >= 15 is 0 Å². The summed E-state index contributed by atoms with van der Waals surface area (Å²) in [5.74, 6) is 4.00. The van der Waals surface area contributed by atoms with Gasteiger partial charge in [-0.15, -0.1) is 0 Å². The van der Waals surface area contributed by atoms with E-state index in [9.17, 15) is 0 Å². The molecule has 0 N–H and O–H groups in total. The molecule has 4 atom stereocenters. The Bertz CT molecular complexity index is 112. The predicted molar refractivity (Wildman–Crippen MR) is 55.1 cm³/mol. The van der Waals surface area contributed by atoms with Crippen LogP contribution >= 0.6 is 0 Å². The predicted octanol–water partition coefficient (Wildman–Crippen LogP) is 4.10. The Balaban J connectivity index is 2.52. The van der Waals surface area contributed by atoms with Gasteiger partial charge in [0.15, 0.2) is 0 Å². The molecule has 0 spiro atoms. The molecule has 1 fully saturated rings. The summed E-state index contributed by atoms with van der Waals surface area (Å²) in [6, 6.07) is 0. The van der Waals surface area contributed by atoms with Gasteiger partial charge in [-0.2, -0.15) is 0 Å². The average Bonchev–Trinajstić information content (AvgIpc) is 2.09. The molecule has 0 aliphatic heterocycles. The first-order chi connectivity index (χ1) is 5.69. The number of hydrogen-bond donors (Lipinski definition) is 0. The van der Waals surface area contributed by atoms with Crippen LogP contribution in [0, 0.1) is 23.7 Å². The van der Waals surface area contributed by atoms with Crippen LogP contribution in [0.1, 0.15) is 53.4 Å². The van der Waals surface area contributed by atoms with Gasteiger partial charge in [0.2, 0.25) is 0 Å². The third kappa shape index (κ3) is 2.02. The van der Waals surface area contributed by atoms with Gasteiger partial charge in [-0.25, -0.2) is 0 Å². The van der Waals surface area contributed by atoms with Crippen molar-refractivity contribution < 1.29 is 0 Å². The van der Waals surface area contributed by atoms with E-state index in [0.29, 0.717) is 0 Å². The van der Waals surface area contributed by atoms with Crippen molar-refractivity contribution in [3.63, 3.8) is 0 Å². The normalized spacial score (nSPS) is 43.0. The molecular formula is C12H24. The molecule has 1 rings (SSSR count). The summed E-state index contributed by atoms with van der Waals surface area (Å²) >= 11 is 0. The zero-order valence-electron chi connectivity index (χ0n) is 9.14. The lowest BCUT2D eigenvalue weighted by atomic mass is 9.68. The SMILES string of the molecule is CCC1CC(C)C(C)CC1CC. The van der Waals surface area contributed by atoms with Crippen molar-refractivity contribution in [3.05, 3.63) is 0 Å². The van der Waals surface area contributed by atoms with Crippen molar-refractivity contribution in [1.29, 1.82) is 0 Å². The third-order valence-corrected chi connectivity index (χ3v) is 4.04. The van der Waals surface area contributed by atoms with Crippen LogP contribution in [0.2, 0.25) is 0 Å². The molecule has 0 heterocycles. The zero-order valence-corrected chi connectivity index (χ0v) is 9.14. The largest absolute Gasteiger partial charge is 0.0651 e. The summed E-state index contributed by atoms with van der Waals surface area (Å²) in [6.07, 6.45) is 5.76. The fourth-order valence-corrected chi connectivity index (χ4v) is 2.80. The van der Waals surface area contributed by atoms with Crippen molar-refractivity contribution in [3.8, 4) is 0 Å². The quantitative estimate of drug-likeness (QED) is 0.582. The molecule has 0 aromatic heterocycles. The fraction of sp³-hybridized carbons (Fsp3) is 1.00. The van der Waals surface area contributed by atoms with Crippen LogP contribution in [0.25, 0.3) is 0 Å². The van der Waals surface area contributed by atoms with Crippen molar-refractivity contribution in [2.45, 2.75) is 53.4 Å². The maximum Gasteiger partial charge on any atom is -0.0386 e. The molecule has 0 radical (unpaired) electrons. The van der Waals surface area contributed by atoms with Crippen LogP contribution in [-0.4, -0.2) is 0 Å². The van der Waals surface area contributed by atoms with Crippen LogP contribution in [0.3, 0.4) is 0 Å². The Labute approximate surface area is 77.7 Å². The van der Waals surface area contributed by atoms with Crippen LogP contribution in [-0.2, 0) is 0 Å². The molecule has 0 saturated heterocycles. The van der Waals surface area contributed by atoms with Gasteiger partial charge in [0.1, 0.15) is 0 Å². The van der Waals surface area contributed by atoms with Gasteiger partial charge < -0.3 is 0 Å². The Morgan fingerprint density at radius 2 is 1.17 bits per heavy atom. The van der Waals surface area contributed by atoms with E-state index in [0.717, 1.165) is 23.7 Å². The molecule has 0 heteroatoms. The molecule has 1 saturated carbocycles.